The van der Waals surface area contributed by atoms with E-state index in [0.717, 1.165) is 10.5 Å². The molecule has 0 saturated carbocycles. The molecular formula is C19H19N3O3S. The summed E-state index contributed by atoms with van der Waals surface area (Å²) in [6, 6.07) is 13.7. The van der Waals surface area contributed by atoms with E-state index in [-0.39, 0.29) is 16.9 Å². The molecule has 2 aliphatic heterocycles. The molecule has 6 nitrogen and oxygen atoms in total. The Kier molecular flexibility index (Phi) is 4.00. The lowest BCUT2D eigenvalue weighted by molar-refractivity contribution is -0.532. The molecule has 0 unspecified atom stereocenters. The van der Waals surface area contributed by atoms with Crippen LogP contribution in [-0.2, 0) is 10.3 Å². The fourth-order valence-corrected chi connectivity index (χ4v) is 4.79. The molecule has 0 aliphatic carbocycles. The number of nitrogens with zero attached hydrogens (tertiary/aromatic N) is 1. The molecule has 1 saturated heterocycles. The number of anilines is 1. The average molecular weight is 369 g/mol. The Labute approximate surface area is 155 Å². The van der Waals surface area contributed by atoms with Crippen molar-refractivity contribution in [2.24, 2.45) is 0 Å². The molecule has 4 rings (SSSR count). The minimum Gasteiger partial charge on any atom is -0.324 e. The number of hydrogen-bond donors (Lipinski definition) is 2. The van der Waals surface area contributed by atoms with Gasteiger partial charge in [-0.25, -0.2) is 0 Å². The van der Waals surface area contributed by atoms with E-state index in [4.69, 9.17) is 0 Å². The third-order valence-electron chi connectivity index (χ3n) is 5.46. The molecule has 2 aromatic rings. The summed E-state index contributed by atoms with van der Waals surface area (Å²) in [6.07, 6.45) is 1.99. The van der Waals surface area contributed by atoms with Crippen molar-refractivity contribution in [2.75, 3.05) is 11.6 Å². The summed E-state index contributed by atoms with van der Waals surface area (Å²) in [5.41, 5.74) is 0.824. The van der Waals surface area contributed by atoms with Crippen molar-refractivity contribution in [3.8, 4) is 0 Å². The lowest BCUT2D eigenvalue weighted by Gasteiger charge is -2.25. The van der Waals surface area contributed by atoms with Crippen LogP contribution < -0.4 is 10.6 Å². The Bertz CT molecular complexity index is 886. The summed E-state index contributed by atoms with van der Waals surface area (Å²) in [5.74, 6) is -0.756. The SMILES string of the molecule is CSc1ccc([C@@H]2[C@H](C)N[C@]3(C(=O)Nc4ccccc43)[C@@H]2[N+](=O)[O-])cc1. The second-order valence-corrected chi connectivity index (χ2v) is 7.65. The summed E-state index contributed by atoms with van der Waals surface area (Å²) in [7, 11) is 0. The molecule has 0 radical (unpaired) electrons. The summed E-state index contributed by atoms with van der Waals surface area (Å²) in [6.45, 7) is 1.91. The third kappa shape index (κ3) is 2.27. The van der Waals surface area contributed by atoms with Gasteiger partial charge in [0.1, 0.15) is 0 Å². The molecule has 0 aromatic heterocycles. The maximum atomic E-state index is 12.9. The number of rotatable bonds is 3. The number of thioether (sulfide) groups is 1. The van der Waals surface area contributed by atoms with Crippen LogP contribution in [0.4, 0.5) is 5.69 Å². The fraction of sp³-hybridized carbons (Fsp3) is 0.316. The first-order valence-corrected chi connectivity index (χ1v) is 9.67. The molecule has 0 bridgehead atoms. The molecule has 134 valence electrons. The van der Waals surface area contributed by atoms with E-state index in [1.165, 1.54) is 0 Å². The number of hydrogen-bond acceptors (Lipinski definition) is 5. The molecule has 2 N–H and O–H groups in total. The predicted octanol–water partition coefficient (Wildman–Crippen LogP) is 2.98. The van der Waals surface area contributed by atoms with Crippen LogP contribution >= 0.6 is 11.8 Å². The van der Waals surface area contributed by atoms with E-state index in [1.807, 2.05) is 49.6 Å². The van der Waals surface area contributed by atoms with Crippen molar-refractivity contribution >= 4 is 23.4 Å². The summed E-state index contributed by atoms with van der Waals surface area (Å²) in [5, 5.41) is 18.3. The molecule has 26 heavy (non-hydrogen) atoms. The van der Waals surface area contributed by atoms with Gasteiger partial charge in [0.2, 0.25) is 0 Å². The number of carbonyl (C=O) groups is 1. The standard InChI is InChI=1S/C19H19N3O3S/c1-11-16(12-7-9-13(26-2)10-8-12)17(22(24)25)19(21-11)14-5-3-4-6-15(14)20-18(19)23/h3-11,16-17,21H,1-2H3,(H,20,23)/t11-,16-,17+,19-/m0/s1. The third-order valence-corrected chi connectivity index (χ3v) is 6.21. The second kappa shape index (κ2) is 6.10. The zero-order valence-corrected chi connectivity index (χ0v) is 15.2. The normalized spacial score (nSPS) is 29.6. The number of nitrogens with one attached hydrogen (secondary N) is 2. The molecule has 1 amide bonds. The Morgan fingerprint density at radius 2 is 1.85 bits per heavy atom. The molecule has 1 spiro atoms. The fourth-order valence-electron chi connectivity index (χ4n) is 4.38. The maximum absolute atomic E-state index is 12.9. The van der Waals surface area contributed by atoms with Crippen molar-refractivity contribution in [1.29, 1.82) is 0 Å². The Morgan fingerprint density at radius 1 is 1.15 bits per heavy atom. The predicted molar refractivity (Wildman–Crippen MR) is 101 cm³/mol. The molecule has 2 heterocycles. The smallest absolute Gasteiger partial charge is 0.256 e. The van der Waals surface area contributed by atoms with Gasteiger partial charge in [0.25, 0.3) is 11.9 Å². The molecule has 4 atom stereocenters. The van der Waals surface area contributed by atoms with Crippen molar-refractivity contribution in [2.45, 2.75) is 35.4 Å². The van der Waals surface area contributed by atoms with E-state index in [0.29, 0.717) is 11.3 Å². The Hall–Kier alpha value is -2.38. The highest BCUT2D eigenvalue weighted by molar-refractivity contribution is 7.98. The van der Waals surface area contributed by atoms with E-state index < -0.39 is 17.5 Å². The summed E-state index contributed by atoms with van der Waals surface area (Å²) in [4.78, 5) is 25.9. The van der Waals surface area contributed by atoms with Gasteiger partial charge in [0.15, 0.2) is 5.54 Å². The van der Waals surface area contributed by atoms with Crippen molar-refractivity contribution in [1.82, 2.24) is 5.32 Å². The molecule has 1 fully saturated rings. The molecule has 2 aromatic carbocycles. The van der Waals surface area contributed by atoms with E-state index in [1.54, 1.807) is 23.9 Å². The van der Waals surface area contributed by atoms with Crippen LogP contribution in [0.25, 0.3) is 0 Å². The van der Waals surface area contributed by atoms with Crippen LogP contribution in [0, 0.1) is 10.1 Å². The van der Waals surface area contributed by atoms with Gasteiger partial charge >= 0.3 is 0 Å². The van der Waals surface area contributed by atoms with E-state index in [2.05, 4.69) is 10.6 Å². The zero-order valence-electron chi connectivity index (χ0n) is 14.4. The maximum Gasteiger partial charge on any atom is 0.256 e. The van der Waals surface area contributed by atoms with E-state index >= 15 is 0 Å². The average Bonchev–Trinajstić information content (AvgIpc) is 3.10. The Balaban J connectivity index is 1.86. The van der Waals surface area contributed by atoms with Crippen LogP contribution in [0.15, 0.2) is 53.4 Å². The number of benzene rings is 2. The van der Waals surface area contributed by atoms with Gasteiger partial charge in [-0.2, -0.15) is 0 Å². The monoisotopic (exact) mass is 369 g/mol. The lowest BCUT2D eigenvalue weighted by Crippen LogP contribution is -2.54. The van der Waals surface area contributed by atoms with E-state index in [9.17, 15) is 14.9 Å². The number of carbonyl (C=O) groups excluding carboxylic acids is 1. The first-order valence-electron chi connectivity index (χ1n) is 8.45. The molecular weight excluding hydrogens is 350 g/mol. The van der Waals surface area contributed by atoms with Crippen LogP contribution in [-0.4, -0.2) is 29.2 Å². The number of amides is 1. The number of para-hydroxylation sites is 1. The minimum atomic E-state index is -1.34. The van der Waals surface area contributed by atoms with Crippen LogP contribution in [0.2, 0.25) is 0 Å². The minimum absolute atomic E-state index is 0.220. The first-order chi connectivity index (χ1) is 12.5. The lowest BCUT2D eigenvalue weighted by atomic mass is 9.78. The van der Waals surface area contributed by atoms with Gasteiger partial charge in [-0.3, -0.25) is 20.2 Å². The topological polar surface area (TPSA) is 84.3 Å². The van der Waals surface area contributed by atoms with Crippen molar-refractivity contribution < 1.29 is 9.72 Å². The van der Waals surface area contributed by atoms with Crippen LogP contribution in [0.3, 0.4) is 0 Å². The van der Waals surface area contributed by atoms with Gasteiger partial charge in [-0.15, -0.1) is 11.8 Å². The van der Waals surface area contributed by atoms with Crippen LogP contribution in [0.5, 0.6) is 0 Å². The Morgan fingerprint density at radius 3 is 2.50 bits per heavy atom. The summed E-state index contributed by atoms with van der Waals surface area (Å²) >= 11 is 1.62. The molecule has 2 aliphatic rings. The summed E-state index contributed by atoms with van der Waals surface area (Å²) < 4.78 is 0. The van der Waals surface area contributed by atoms with Gasteiger partial charge in [0, 0.05) is 27.1 Å². The highest BCUT2D eigenvalue weighted by Gasteiger charge is 2.67. The van der Waals surface area contributed by atoms with Gasteiger partial charge < -0.3 is 5.32 Å². The largest absolute Gasteiger partial charge is 0.324 e. The highest BCUT2D eigenvalue weighted by atomic mass is 32.2. The highest BCUT2D eigenvalue weighted by Crippen LogP contribution is 2.49. The van der Waals surface area contributed by atoms with Gasteiger partial charge in [-0.1, -0.05) is 30.3 Å². The van der Waals surface area contributed by atoms with Crippen molar-refractivity contribution in [3.63, 3.8) is 0 Å². The molecule has 7 heteroatoms. The quantitative estimate of drug-likeness (QED) is 0.494. The first kappa shape index (κ1) is 17.1. The van der Waals surface area contributed by atoms with Gasteiger partial charge in [-0.05, 0) is 36.9 Å². The van der Waals surface area contributed by atoms with Crippen LogP contribution in [0.1, 0.15) is 24.0 Å². The zero-order chi connectivity index (χ0) is 18.5. The number of fused-ring (bicyclic) bond motifs is 2. The van der Waals surface area contributed by atoms with Gasteiger partial charge in [0.05, 0.1) is 5.92 Å². The second-order valence-electron chi connectivity index (χ2n) is 6.77. The number of nitro groups is 1. The van der Waals surface area contributed by atoms with Crippen molar-refractivity contribution in [3.05, 3.63) is 69.8 Å².